The van der Waals surface area contributed by atoms with Crippen LogP contribution in [0.4, 0.5) is 0 Å². The van der Waals surface area contributed by atoms with E-state index in [-0.39, 0.29) is 0 Å². The molecular formula is C11H8N2. The molecular weight excluding hydrogens is 160 g/mol. The van der Waals surface area contributed by atoms with Gasteiger partial charge in [0.05, 0.1) is 5.52 Å². The average molecular weight is 168 g/mol. The lowest BCUT2D eigenvalue weighted by atomic mass is 10.2. The van der Waals surface area contributed by atoms with Gasteiger partial charge in [-0.1, -0.05) is 6.07 Å². The van der Waals surface area contributed by atoms with Crippen LogP contribution >= 0.6 is 0 Å². The van der Waals surface area contributed by atoms with Crippen molar-refractivity contribution in [2.24, 2.45) is 0 Å². The van der Waals surface area contributed by atoms with Gasteiger partial charge in [0.1, 0.15) is 0 Å². The Morgan fingerprint density at radius 2 is 2.15 bits per heavy atom. The van der Waals surface area contributed by atoms with E-state index in [0.29, 0.717) is 0 Å². The van der Waals surface area contributed by atoms with Gasteiger partial charge in [0.25, 0.3) is 0 Å². The monoisotopic (exact) mass is 168 g/mol. The molecule has 0 atom stereocenters. The van der Waals surface area contributed by atoms with Gasteiger partial charge < -0.3 is 4.98 Å². The normalized spacial score (nSPS) is 11.1. The summed E-state index contributed by atoms with van der Waals surface area (Å²) in [4.78, 5) is 7.55. The molecule has 2 aliphatic rings. The first kappa shape index (κ1) is 6.66. The first-order chi connectivity index (χ1) is 6.45. The maximum absolute atomic E-state index is 4.35. The Morgan fingerprint density at radius 1 is 1.15 bits per heavy atom. The molecule has 1 N–H and O–H groups in total. The van der Waals surface area contributed by atoms with E-state index in [1.54, 1.807) is 0 Å². The van der Waals surface area contributed by atoms with Crippen LogP contribution in [0.3, 0.4) is 0 Å². The van der Waals surface area contributed by atoms with Gasteiger partial charge in [-0.05, 0) is 24.3 Å². The van der Waals surface area contributed by atoms with Crippen molar-refractivity contribution < 1.29 is 0 Å². The second-order valence-corrected chi connectivity index (χ2v) is 3.08. The zero-order valence-electron chi connectivity index (χ0n) is 6.99. The van der Waals surface area contributed by atoms with Crippen molar-refractivity contribution in [2.75, 3.05) is 0 Å². The molecule has 1 aromatic rings. The van der Waals surface area contributed by atoms with Crippen molar-refractivity contribution in [3.05, 3.63) is 42.7 Å². The Hall–Kier alpha value is -1.83. The molecule has 62 valence electrons. The number of H-pyrrole nitrogens is 1. The summed E-state index contributed by atoms with van der Waals surface area (Å²) in [7, 11) is 0. The first-order valence-electron chi connectivity index (χ1n) is 4.26. The minimum absolute atomic E-state index is 1.08. The van der Waals surface area contributed by atoms with Crippen molar-refractivity contribution >= 4 is 10.9 Å². The molecule has 2 heterocycles. The summed E-state index contributed by atoms with van der Waals surface area (Å²) in [6.45, 7) is 0. The molecule has 2 heteroatoms. The molecule has 0 saturated heterocycles. The number of fused-ring (bicyclic) bond motifs is 3. The summed E-state index contributed by atoms with van der Waals surface area (Å²) >= 11 is 0. The van der Waals surface area contributed by atoms with Crippen LogP contribution in [0, 0.1) is 0 Å². The fraction of sp³-hybridized carbons (Fsp3) is 0. The Balaban J connectivity index is 2.56. The topological polar surface area (TPSA) is 28.7 Å². The Morgan fingerprint density at radius 3 is 3.15 bits per heavy atom. The molecule has 0 aromatic carbocycles. The third-order valence-electron chi connectivity index (χ3n) is 2.28. The van der Waals surface area contributed by atoms with Crippen LogP contribution in [0.15, 0.2) is 42.7 Å². The van der Waals surface area contributed by atoms with Crippen molar-refractivity contribution in [2.45, 2.75) is 0 Å². The smallest absolute Gasteiger partial charge is 0.0795 e. The maximum Gasteiger partial charge on any atom is 0.0795 e. The second kappa shape index (κ2) is 2.33. The van der Waals surface area contributed by atoms with Gasteiger partial charge in [0, 0.05) is 29.0 Å². The highest BCUT2D eigenvalue weighted by atomic mass is 14.7. The fourth-order valence-corrected chi connectivity index (χ4v) is 1.69. The van der Waals surface area contributed by atoms with Gasteiger partial charge in [-0.2, -0.15) is 0 Å². The maximum atomic E-state index is 4.35. The molecule has 1 aliphatic heterocycles. The van der Waals surface area contributed by atoms with E-state index in [2.05, 4.69) is 28.2 Å². The van der Waals surface area contributed by atoms with Crippen LogP contribution in [0.25, 0.3) is 22.2 Å². The fourth-order valence-electron chi connectivity index (χ4n) is 1.69. The lowest BCUT2D eigenvalue weighted by Crippen LogP contribution is -1.78. The zero-order valence-corrected chi connectivity index (χ0v) is 6.99. The molecule has 3 rings (SSSR count). The Kier molecular flexibility index (Phi) is 1.19. The molecule has 0 bridgehead atoms. The van der Waals surface area contributed by atoms with E-state index in [1.165, 1.54) is 10.9 Å². The SMILES string of the molecule is c1c[nH]c2cc3cccnc3c-2c1. The average Bonchev–Trinajstić information content (AvgIpc) is 2.56. The quantitative estimate of drug-likeness (QED) is 0.549. The highest BCUT2D eigenvalue weighted by Crippen LogP contribution is 2.29. The van der Waals surface area contributed by atoms with Crippen LogP contribution in [-0.2, 0) is 0 Å². The van der Waals surface area contributed by atoms with Gasteiger partial charge in [-0.15, -0.1) is 0 Å². The van der Waals surface area contributed by atoms with E-state index in [1.807, 2.05) is 24.5 Å². The van der Waals surface area contributed by atoms with Crippen LogP contribution in [0.5, 0.6) is 0 Å². The van der Waals surface area contributed by atoms with Crippen LogP contribution in [0.2, 0.25) is 0 Å². The molecule has 13 heavy (non-hydrogen) atoms. The minimum atomic E-state index is 1.08. The number of nitrogens with zero attached hydrogens (tertiary/aromatic N) is 1. The van der Waals surface area contributed by atoms with Crippen molar-refractivity contribution in [3.8, 4) is 11.3 Å². The van der Waals surface area contributed by atoms with E-state index >= 15 is 0 Å². The van der Waals surface area contributed by atoms with Gasteiger partial charge in [-0.3, -0.25) is 4.98 Å². The summed E-state index contributed by atoms with van der Waals surface area (Å²) in [5.74, 6) is 0. The predicted molar refractivity (Wildman–Crippen MR) is 52.7 cm³/mol. The minimum Gasteiger partial charge on any atom is -0.361 e. The summed E-state index contributed by atoms with van der Waals surface area (Å²) < 4.78 is 0. The summed E-state index contributed by atoms with van der Waals surface area (Å²) in [5.41, 5.74) is 3.42. The number of nitrogens with one attached hydrogen (secondary N) is 1. The molecule has 0 amide bonds. The third kappa shape index (κ3) is 0.855. The van der Waals surface area contributed by atoms with E-state index in [0.717, 1.165) is 11.2 Å². The number of hydrogen-bond donors (Lipinski definition) is 1. The van der Waals surface area contributed by atoms with E-state index < -0.39 is 0 Å². The van der Waals surface area contributed by atoms with E-state index in [4.69, 9.17) is 0 Å². The first-order valence-corrected chi connectivity index (χ1v) is 4.26. The standard InChI is InChI=1S/C11H8N2/c1-3-8-7-10-9(4-2-5-12-10)11(8)13-6-1/h1-7,12H. The summed E-state index contributed by atoms with van der Waals surface area (Å²) in [6, 6.07) is 10.2. The molecule has 0 unspecified atom stereocenters. The lowest BCUT2D eigenvalue weighted by molar-refractivity contribution is 1.34. The lowest BCUT2D eigenvalue weighted by Gasteiger charge is -1.96. The number of rotatable bonds is 0. The van der Waals surface area contributed by atoms with E-state index in [9.17, 15) is 0 Å². The van der Waals surface area contributed by atoms with Gasteiger partial charge in [-0.25, -0.2) is 0 Å². The van der Waals surface area contributed by atoms with Crippen LogP contribution in [-0.4, -0.2) is 9.97 Å². The second-order valence-electron chi connectivity index (χ2n) is 3.08. The Bertz CT molecular complexity index is 525. The molecule has 2 nitrogen and oxygen atoms in total. The summed E-state index contributed by atoms with van der Waals surface area (Å²) in [5, 5.41) is 1.19. The Labute approximate surface area is 75.6 Å². The largest absolute Gasteiger partial charge is 0.361 e. The predicted octanol–water partition coefficient (Wildman–Crippen LogP) is 2.67. The molecule has 0 saturated carbocycles. The molecule has 1 aromatic heterocycles. The molecule has 1 aliphatic carbocycles. The van der Waals surface area contributed by atoms with Crippen molar-refractivity contribution in [3.63, 3.8) is 0 Å². The van der Waals surface area contributed by atoms with Crippen molar-refractivity contribution in [1.29, 1.82) is 0 Å². The molecule has 0 fully saturated rings. The number of hydrogen-bond acceptors (Lipinski definition) is 1. The highest BCUT2D eigenvalue weighted by molar-refractivity contribution is 5.98. The zero-order chi connectivity index (χ0) is 8.67. The van der Waals surface area contributed by atoms with Crippen LogP contribution in [0.1, 0.15) is 0 Å². The van der Waals surface area contributed by atoms with Crippen LogP contribution < -0.4 is 0 Å². The number of aromatic nitrogens is 2. The van der Waals surface area contributed by atoms with Gasteiger partial charge in [0.2, 0.25) is 0 Å². The third-order valence-corrected chi connectivity index (χ3v) is 2.28. The summed E-state index contributed by atoms with van der Waals surface area (Å²) in [6.07, 6.45) is 3.76. The molecule has 0 radical (unpaired) electrons. The number of pyridine rings is 2. The van der Waals surface area contributed by atoms with Gasteiger partial charge in [0.15, 0.2) is 0 Å². The molecule has 0 spiro atoms. The highest BCUT2D eigenvalue weighted by Gasteiger charge is 2.08. The number of aromatic amines is 1. The van der Waals surface area contributed by atoms with Crippen molar-refractivity contribution in [1.82, 2.24) is 9.97 Å². The van der Waals surface area contributed by atoms with Gasteiger partial charge >= 0.3 is 0 Å².